The summed E-state index contributed by atoms with van der Waals surface area (Å²) < 4.78 is 30.5. The number of alkyl halides is 2. The van der Waals surface area contributed by atoms with Crippen molar-refractivity contribution in [1.29, 1.82) is 0 Å². The maximum Gasteiger partial charge on any atom is 0.387 e. The Morgan fingerprint density at radius 1 is 1.32 bits per heavy atom. The Balaban J connectivity index is 2.12. The summed E-state index contributed by atoms with van der Waals surface area (Å²) in [4.78, 5) is 19.3. The number of halogens is 2. The molecule has 1 heterocycles. The Kier molecular flexibility index (Phi) is 5.54. The van der Waals surface area contributed by atoms with Gasteiger partial charge in [0.15, 0.2) is 11.5 Å². The molecule has 28 heavy (non-hydrogen) atoms. The van der Waals surface area contributed by atoms with Crippen molar-refractivity contribution < 1.29 is 18.3 Å². The molecule has 0 spiro atoms. The number of carbonyl (C=O) groups is 1. The van der Waals surface area contributed by atoms with Gasteiger partial charge in [0.25, 0.3) is 5.91 Å². The molecular formula is C21H25F2N3O2. The molecule has 150 valence electrons. The van der Waals surface area contributed by atoms with E-state index in [-0.39, 0.29) is 29.5 Å². The minimum Gasteiger partial charge on any atom is -0.435 e. The van der Waals surface area contributed by atoms with E-state index < -0.39 is 12.2 Å². The number of aliphatic imine (C=N–C) groups is 1. The van der Waals surface area contributed by atoms with Crippen LogP contribution in [0, 0.1) is 11.8 Å². The molecule has 3 rings (SSSR count). The average molecular weight is 389 g/mol. The van der Waals surface area contributed by atoms with Crippen molar-refractivity contribution in [3.05, 3.63) is 59.4 Å². The largest absolute Gasteiger partial charge is 0.435 e. The number of likely N-dealkylation sites (N-methyl/N-ethyl adjacent to an activating group) is 1. The van der Waals surface area contributed by atoms with Gasteiger partial charge in [-0.05, 0) is 29.6 Å². The zero-order chi connectivity index (χ0) is 20.5. The number of carbonyl (C=O) groups excluding carboxylic acids is 1. The fraction of sp³-hybridized carbons (Fsp3) is 0.429. The van der Waals surface area contributed by atoms with Gasteiger partial charge in [-0.2, -0.15) is 8.78 Å². The number of amides is 1. The highest BCUT2D eigenvalue weighted by Gasteiger charge is 2.55. The molecule has 2 aliphatic rings. The van der Waals surface area contributed by atoms with Crippen molar-refractivity contribution in [2.45, 2.75) is 38.8 Å². The van der Waals surface area contributed by atoms with Crippen LogP contribution in [0.4, 0.5) is 8.78 Å². The Hall–Kier alpha value is -2.70. The van der Waals surface area contributed by atoms with Gasteiger partial charge in [0.2, 0.25) is 0 Å². The number of nitrogens with two attached hydrogens (primary N) is 1. The lowest BCUT2D eigenvalue weighted by Crippen LogP contribution is -2.47. The predicted molar refractivity (Wildman–Crippen MR) is 103 cm³/mol. The molecule has 1 amide bonds. The molecule has 5 nitrogen and oxygen atoms in total. The quantitative estimate of drug-likeness (QED) is 0.805. The van der Waals surface area contributed by atoms with Crippen LogP contribution < -0.4 is 5.73 Å². The number of hydrogen-bond acceptors (Lipinski definition) is 4. The monoisotopic (exact) mass is 389 g/mol. The maximum atomic E-state index is 13.3. The molecule has 1 aromatic carbocycles. The summed E-state index contributed by atoms with van der Waals surface area (Å²) >= 11 is 0. The zero-order valence-electron chi connectivity index (χ0n) is 16.2. The minimum atomic E-state index is -2.90. The maximum absolute atomic E-state index is 13.3. The summed E-state index contributed by atoms with van der Waals surface area (Å²) in [7, 11) is 1.59. The van der Waals surface area contributed by atoms with Crippen LogP contribution in [0.25, 0.3) is 0 Å². The molecule has 0 radical (unpaired) electrons. The van der Waals surface area contributed by atoms with Crippen molar-refractivity contribution in [1.82, 2.24) is 4.90 Å². The van der Waals surface area contributed by atoms with Gasteiger partial charge in [0, 0.05) is 13.0 Å². The van der Waals surface area contributed by atoms with E-state index in [0.717, 1.165) is 17.6 Å². The summed E-state index contributed by atoms with van der Waals surface area (Å²) in [5.74, 6) is -0.514. The van der Waals surface area contributed by atoms with Gasteiger partial charge in [-0.15, -0.1) is 0 Å². The molecule has 1 aliphatic heterocycles. The lowest BCUT2D eigenvalue weighted by molar-refractivity contribution is -0.132. The number of ether oxygens (including phenoxy) is 1. The first-order chi connectivity index (χ1) is 13.3. The van der Waals surface area contributed by atoms with Crippen LogP contribution in [0.5, 0.6) is 0 Å². The third-order valence-electron chi connectivity index (χ3n) is 5.56. The van der Waals surface area contributed by atoms with Gasteiger partial charge < -0.3 is 10.5 Å². The van der Waals surface area contributed by atoms with E-state index >= 15 is 0 Å². The third-order valence-corrected chi connectivity index (χ3v) is 5.56. The van der Waals surface area contributed by atoms with E-state index in [2.05, 4.69) is 4.99 Å². The number of allylic oxidation sites excluding steroid dienone is 2. The first-order valence-electron chi connectivity index (χ1n) is 9.38. The Labute approximate surface area is 163 Å². The molecule has 0 saturated carbocycles. The highest BCUT2D eigenvalue weighted by molar-refractivity contribution is 6.07. The van der Waals surface area contributed by atoms with Crippen molar-refractivity contribution in [2.75, 3.05) is 7.05 Å². The minimum absolute atomic E-state index is 0.144. The number of nitrogens with zero attached hydrogens (tertiary/aromatic N) is 2. The van der Waals surface area contributed by atoms with Crippen LogP contribution in [-0.2, 0) is 15.1 Å². The predicted octanol–water partition coefficient (Wildman–Crippen LogP) is 3.78. The van der Waals surface area contributed by atoms with Gasteiger partial charge in [-0.3, -0.25) is 9.69 Å². The van der Waals surface area contributed by atoms with E-state index in [1.807, 2.05) is 44.2 Å². The summed E-state index contributed by atoms with van der Waals surface area (Å²) in [5.41, 5.74) is 6.27. The van der Waals surface area contributed by atoms with Crippen LogP contribution in [0.2, 0.25) is 0 Å². The number of benzene rings is 1. The molecule has 7 heteroatoms. The fourth-order valence-electron chi connectivity index (χ4n) is 4.19. The molecule has 1 aliphatic carbocycles. The second-order valence-corrected chi connectivity index (χ2v) is 7.16. The normalized spacial score (nSPS) is 27.6. The smallest absolute Gasteiger partial charge is 0.387 e. The zero-order valence-corrected chi connectivity index (χ0v) is 16.2. The average Bonchev–Trinajstić information content (AvgIpc) is 2.90. The Bertz CT molecular complexity index is 835. The van der Waals surface area contributed by atoms with Gasteiger partial charge in [-0.1, -0.05) is 56.7 Å². The molecule has 0 fully saturated rings. The van der Waals surface area contributed by atoms with Crippen molar-refractivity contribution >= 4 is 11.9 Å². The molecule has 2 N–H and O–H groups in total. The molecule has 0 aromatic heterocycles. The van der Waals surface area contributed by atoms with Gasteiger partial charge in [0.05, 0.1) is 0 Å². The highest BCUT2D eigenvalue weighted by Crippen LogP contribution is 2.48. The van der Waals surface area contributed by atoms with Gasteiger partial charge >= 0.3 is 6.61 Å². The van der Waals surface area contributed by atoms with Gasteiger partial charge in [-0.25, -0.2) is 4.99 Å². The molecule has 0 bridgehead atoms. The molecular weight excluding hydrogens is 364 g/mol. The molecule has 2 unspecified atom stereocenters. The van der Waals surface area contributed by atoms with E-state index in [1.165, 1.54) is 4.90 Å². The summed E-state index contributed by atoms with van der Waals surface area (Å²) in [6.45, 7) is 1.01. The fourth-order valence-corrected chi connectivity index (χ4v) is 4.19. The number of guanidine groups is 1. The van der Waals surface area contributed by atoms with Crippen molar-refractivity contribution in [3.8, 4) is 0 Å². The lowest BCUT2D eigenvalue weighted by atomic mass is 9.67. The number of hydrogen-bond donors (Lipinski definition) is 1. The lowest BCUT2D eigenvalue weighted by Gasteiger charge is -2.39. The van der Waals surface area contributed by atoms with Crippen LogP contribution in [0.1, 0.15) is 32.3 Å². The first kappa shape index (κ1) is 20.0. The van der Waals surface area contributed by atoms with Crippen molar-refractivity contribution in [2.24, 2.45) is 22.6 Å². The van der Waals surface area contributed by atoms with Crippen LogP contribution >= 0.6 is 0 Å². The van der Waals surface area contributed by atoms with Gasteiger partial charge in [0.1, 0.15) is 5.76 Å². The molecule has 0 saturated heterocycles. The molecule has 1 aromatic rings. The summed E-state index contributed by atoms with van der Waals surface area (Å²) in [5, 5.41) is 0. The summed E-state index contributed by atoms with van der Waals surface area (Å²) in [6.07, 6.45) is 4.66. The Morgan fingerprint density at radius 3 is 2.54 bits per heavy atom. The van der Waals surface area contributed by atoms with E-state index in [9.17, 15) is 13.6 Å². The topological polar surface area (TPSA) is 67.9 Å². The Morgan fingerprint density at radius 2 is 2.00 bits per heavy atom. The molecule has 3 atom stereocenters. The highest BCUT2D eigenvalue weighted by atomic mass is 19.3. The van der Waals surface area contributed by atoms with Crippen LogP contribution in [0.15, 0.2) is 58.8 Å². The second-order valence-electron chi connectivity index (χ2n) is 7.16. The van der Waals surface area contributed by atoms with E-state index in [4.69, 9.17) is 10.5 Å². The van der Waals surface area contributed by atoms with E-state index in [1.54, 1.807) is 19.2 Å². The third kappa shape index (κ3) is 3.19. The number of rotatable bonds is 6. The van der Waals surface area contributed by atoms with E-state index in [0.29, 0.717) is 6.42 Å². The summed E-state index contributed by atoms with van der Waals surface area (Å²) in [6, 6.07) is 9.26. The van der Waals surface area contributed by atoms with Crippen LogP contribution in [-0.4, -0.2) is 30.4 Å². The SMILES string of the molecule is CCCC1=C(OC(F)F)C=CC([C@@]2(c3ccccc3)N=C(N)N(C)C2=O)C1C. The standard InChI is InChI=1S/C21H25F2N3O2/c1-4-8-15-13(2)16(11-12-17(15)28-19(22)23)21(14-9-6-5-7-10-14)18(27)26(3)20(24)25-21/h5-7,9-13,16,19H,4,8H2,1-3H3,(H2,24,25)/t13?,16?,21-/m1/s1. The van der Waals surface area contributed by atoms with Crippen molar-refractivity contribution in [3.63, 3.8) is 0 Å². The van der Waals surface area contributed by atoms with Crippen LogP contribution in [0.3, 0.4) is 0 Å². The first-order valence-corrected chi connectivity index (χ1v) is 9.38. The second kappa shape index (κ2) is 7.73.